The molecule has 3 aromatic rings. The van der Waals surface area contributed by atoms with Gasteiger partial charge in [-0.1, -0.05) is 5.16 Å². The normalized spacial score (nSPS) is 16.5. The van der Waals surface area contributed by atoms with Crippen LogP contribution in [0, 0.1) is 6.92 Å². The van der Waals surface area contributed by atoms with Crippen LogP contribution in [-0.2, 0) is 0 Å². The second kappa shape index (κ2) is 5.99. The van der Waals surface area contributed by atoms with Gasteiger partial charge in [-0.2, -0.15) is 4.98 Å². The number of ether oxygens (including phenoxy) is 2. The maximum absolute atomic E-state index is 5.76. The second-order valence-corrected chi connectivity index (χ2v) is 5.64. The van der Waals surface area contributed by atoms with Crippen molar-refractivity contribution in [2.45, 2.75) is 26.3 Å². The van der Waals surface area contributed by atoms with Crippen molar-refractivity contribution in [2.24, 2.45) is 0 Å². The summed E-state index contributed by atoms with van der Waals surface area (Å²) in [6.45, 7) is 5.13. The van der Waals surface area contributed by atoms with Gasteiger partial charge in [-0.3, -0.25) is 0 Å². The second-order valence-electron chi connectivity index (χ2n) is 5.64. The van der Waals surface area contributed by atoms with Crippen LogP contribution in [0.4, 0.5) is 5.82 Å². The number of nitrogens with one attached hydrogen (secondary N) is 1. The first-order chi connectivity index (χ1) is 11.8. The Morgan fingerprint density at radius 1 is 1.33 bits per heavy atom. The van der Waals surface area contributed by atoms with Crippen LogP contribution in [0.15, 0.2) is 29.0 Å². The van der Waals surface area contributed by atoms with Crippen LogP contribution >= 0.6 is 0 Å². The predicted molar refractivity (Wildman–Crippen MR) is 88.4 cm³/mol. The molecule has 0 aliphatic carbocycles. The van der Waals surface area contributed by atoms with Crippen LogP contribution in [0.3, 0.4) is 0 Å². The highest BCUT2D eigenvalue weighted by Crippen LogP contribution is 2.37. The van der Waals surface area contributed by atoms with Gasteiger partial charge in [0.25, 0.3) is 5.71 Å². The third-order valence-electron chi connectivity index (χ3n) is 4.09. The maximum atomic E-state index is 5.76. The highest BCUT2D eigenvalue weighted by atomic mass is 16.5. The van der Waals surface area contributed by atoms with Crippen molar-refractivity contribution in [3.8, 4) is 11.5 Å². The fourth-order valence-corrected chi connectivity index (χ4v) is 2.98. The summed E-state index contributed by atoms with van der Waals surface area (Å²) >= 11 is 0. The van der Waals surface area contributed by atoms with Gasteiger partial charge in [-0.15, -0.1) is 0 Å². The van der Waals surface area contributed by atoms with Gasteiger partial charge in [0, 0.05) is 12.0 Å². The van der Waals surface area contributed by atoms with E-state index in [1.807, 2.05) is 32.0 Å². The standard InChI is InChI=1S/C17H18N4O3/c1-3-22-11-4-5-14-12(8-11)13(6-7-23-14)20-16-15-10(2)21-24-17(15)19-9-18-16/h4-5,8-9,13H,3,6-7H2,1-2H3,(H,18,19,20). The number of hydrogen-bond acceptors (Lipinski definition) is 7. The lowest BCUT2D eigenvalue weighted by molar-refractivity contribution is 0.272. The highest BCUT2D eigenvalue weighted by Gasteiger charge is 2.24. The molecular weight excluding hydrogens is 308 g/mol. The molecule has 1 aliphatic heterocycles. The quantitative estimate of drug-likeness (QED) is 0.788. The molecule has 1 N–H and O–H groups in total. The number of aromatic nitrogens is 3. The van der Waals surface area contributed by atoms with E-state index in [1.165, 1.54) is 6.33 Å². The number of hydrogen-bond donors (Lipinski definition) is 1. The van der Waals surface area contributed by atoms with Crippen LogP contribution < -0.4 is 14.8 Å². The van der Waals surface area contributed by atoms with E-state index < -0.39 is 0 Å². The first-order valence-electron chi connectivity index (χ1n) is 7.99. The fourth-order valence-electron chi connectivity index (χ4n) is 2.98. The molecule has 0 saturated heterocycles. The Morgan fingerprint density at radius 2 is 2.25 bits per heavy atom. The van der Waals surface area contributed by atoms with Crippen molar-refractivity contribution in [3.63, 3.8) is 0 Å². The molecule has 124 valence electrons. The van der Waals surface area contributed by atoms with Gasteiger partial charge in [-0.25, -0.2) is 4.98 Å². The lowest BCUT2D eigenvalue weighted by atomic mass is 10.00. The van der Waals surface area contributed by atoms with Crippen molar-refractivity contribution in [3.05, 3.63) is 35.8 Å². The van der Waals surface area contributed by atoms with Gasteiger partial charge in [0.05, 0.1) is 24.9 Å². The average Bonchev–Trinajstić information content (AvgIpc) is 2.98. The lowest BCUT2D eigenvalue weighted by Crippen LogP contribution is -2.21. The molecule has 1 aromatic carbocycles. The third-order valence-corrected chi connectivity index (χ3v) is 4.09. The molecule has 7 heteroatoms. The zero-order valence-corrected chi connectivity index (χ0v) is 13.6. The Labute approximate surface area is 139 Å². The number of aryl methyl sites for hydroxylation is 1. The minimum atomic E-state index is 0.0709. The minimum Gasteiger partial charge on any atom is -0.494 e. The van der Waals surface area contributed by atoms with Crippen LogP contribution in [0.5, 0.6) is 11.5 Å². The fraction of sp³-hybridized carbons (Fsp3) is 0.353. The van der Waals surface area contributed by atoms with E-state index in [4.69, 9.17) is 14.0 Å². The molecule has 0 amide bonds. The maximum Gasteiger partial charge on any atom is 0.263 e. The van der Waals surface area contributed by atoms with Crippen LogP contribution in [0.25, 0.3) is 11.1 Å². The molecule has 0 fully saturated rings. The number of anilines is 1. The SMILES string of the molecule is CCOc1ccc2c(c1)C(Nc1ncnc3onc(C)c13)CCO2. The summed E-state index contributed by atoms with van der Waals surface area (Å²) in [6, 6.07) is 5.97. The van der Waals surface area contributed by atoms with E-state index in [9.17, 15) is 0 Å². The topological polar surface area (TPSA) is 82.3 Å². The highest BCUT2D eigenvalue weighted by molar-refractivity contribution is 5.87. The molecule has 7 nitrogen and oxygen atoms in total. The van der Waals surface area contributed by atoms with E-state index in [2.05, 4.69) is 20.4 Å². The van der Waals surface area contributed by atoms with Crippen LogP contribution in [-0.4, -0.2) is 28.3 Å². The van der Waals surface area contributed by atoms with Gasteiger partial charge in [0.15, 0.2) is 0 Å². The number of fused-ring (bicyclic) bond motifs is 2. The lowest BCUT2D eigenvalue weighted by Gasteiger charge is -2.27. The number of nitrogens with zero attached hydrogens (tertiary/aromatic N) is 3. The molecular formula is C17H18N4O3. The molecule has 0 saturated carbocycles. The van der Waals surface area contributed by atoms with Crippen molar-refractivity contribution in [1.29, 1.82) is 0 Å². The molecule has 0 bridgehead atoms. The Balaban J connectivity index is 1.71. The molecule has 3 heterocycles. The van der Waals surface area contributed by atoms with Crippen LogP contribution in [0.1, 0.15) is 30.6 Å². The summed E-state index contributed by atoms with van der Waals surface area (Å²) in [4.78, 5) is 8.49. The summed E-state index contributed by atoms with van der Waals surface area (Å²) in [7, 11) is 0. The van der Waals surface area contributed by atoms with E-state index in [0.717, 1.165) is 40.4 Å². The molecule has 24 heavy (non-hydrogen) atoms. The van der Waals surface area contributed by atoms with Gasteiger partial charge < -0.3 is 19.3 Å². The molecule has 0 radical (unpaired) electrons. The zero-order valence-electron chi connectivity index (χ0n) is 13.6. The summed E-state index contributed by atoms with van der Waals surface area (Å²) in [5.74, 6) is 2.43. The summed E-state index contributed by atoms with van der Waals surface area (Å²) in [5.41, 5.74) is 2.32. The van der Waals surface area contributed by atoms with E-state index >= 15 is 0 Å². The Morgan fingerprint density at radius 3 is 3.12 bits per heavy atom. The number of rotatable bonds is 4. The largest absolute Gasteiger partial charge is 0.494 e. The predicted octanol–water partition coefficient (Wildman–Crippen LogP) is 3.26. The molecule has 2 aromatic heterocycles. The summed E-state index contributed by atoms with van der Waals surface area (Å²) in [6.07, 6.45) is 2.31. The minimum absolute atomic E-state index is 0.0709. The van der Waals surface area contributed by atoms with E-state index in [-0.39, 0.29) is 6.04 Å². The summed E-state index contributed by atoms with van der Waals surface area (Å²) < 4.78 is 16.6. The van der Waals surface area contributed by atoms with E-state index in [1.54, 1.807) is 0 Å². The monoisotopic (exact) mass is 326 g/mol. The van der Waals surface area contributed by atoms with Crippen molar-refractivity contribution in [2.75, 3.05) is 18.5 Å². The van der Waals surface area contributed by atoms with Gasteiger partial charge in [0.1, 0.15) is 29.0 Å². The molecule has 1 unspecified atom stereocenters. The Kier molecular flexibility index (Phi) is 3.68. The van der Waals surface area contributed by atoms with Gasteiger partial charge in [0.2, 0.25) is 0 Å². The first kappa shape index (κ1) is 14.7. The first-order valence-corrected chi connectivity index (χ1v) is 7.99. The van der Waals surface area contributed by atoms with Crippen LogP contribution in [0.2, 0.25) is 0 Å². The van der Waals surface area contributed by atoms with Gasteiger partial charge >= 0.3 is 0 Å². The van der Waals surface area contributed by atoms with Gasteiger partial charge in [-0.05, 0) is 32.0 Å². The number of benzene rings is 1. The van der Waals surface area contributed by atoms with Crippen molar-refractivity contribution in [1.82, 2.24) is 15.1 Å². The Hall–Kier alpha value is -2.83. The third kappa shape index (κ3) is 2.51. The van der Waals surface area contributed by atoms with Crippen molar-refractivity contribution >= 4 is 16.9 Å². The summed E-state index contributed by atoms with van der Waals surface area (Å²) in [5, 5.41) is 8.27. The van der Waals surface area contributed by atoms with Crippen molar-refractivity contribution < 1.29 is 14.0 Å². The average molecular weight is 326 g/mol. The molecule has 0 spiro atoms. The Bertz CT molecular complexity index is 877. The zero-order chi connectivity index (χ0) is 16.5. The van der Waals surface area contributed by atoms with E-state index in [0.29, 0.717) is 18.9 Å². The molecule has 1 atom stereocenters. The molecule has 1 aliphatic rings. The molecule has 4 rings (SSSR count). The smallest absolute Gasteiger partial charge is 0.263 e.